The first kappa shape index (κ1) is 15.3. The fourth-order valence-electron chi connectivity index (χ4n) is 2.83. The van der Waals surface area contributed by atoms with Crippen molar-refractivity contribution in [2.45, 2.75) is 26.3 Å². The molecule has 3 rings (SSSR count). The average Bonchev–Trinajstić information content (AvgIpc) is 3.32. The number of benzene rings is 1. The Bertz CT molecular complexity index is 468. The molecule has 0 unspecified atom stereocenters. The van der Waals surface area contributed by atoms with Crippen LogP contribution >= 0.6 is 15.9 Å². The Balaban J connectivity index is 1.62. The van der Waals surface area contributed by atoms with Crippen LogP contribution in [0.15, 0.2) is 22.7 Å². The molecule has 1 aromatic carbocycles. The molecule has 1 aromatic rings. The van der Waals surface area contributed by atoms with E-state index in [1.165, 1.54) is 38.0 Å². The molecule has 0 spiro atoms. The van der Waals surface area contributed by atoms with Crippen LogP contribution in [0.3, 0.4) is 0 Å². The van der Waals surface area contributed by atoms with E-state index < -0.39 is 0 Å². The van der Waals surface area contributed by atoms with Gasteiger partial charge in [-0.2, -0.15) is 0 Å². The molecule has 4 heteroatoms. The highest BCUT2D eigenvalue weighted by atomic mass is 79.9. The number of hydrogen-bond donors (Lipinski definition) is 0. The molecule has 1 aliphatic heterocycles. The van der Waals surface area contributed by atoms with Crippen LogP contribution in [0.25, 0.3) is 0 Å². The van der Waals surface area contributed by atoms with Gasteiger partial charge in [0.25, 0.3) is 0 Å². The Morgan fingerprint density at radius 1 is 1.14 bits per heavy atom. The van der Waals surface area contributed by atoms with Crippen molar-refractivity contribution < 1.29 is 4.74 Å². The quantitative estimate of drug-likeness (QED) is 0.780. The number of ether oxygens (including phenoxy) is 1. The van der Waals surface area contributed by atoms with Crippen molar-refractivity contribution in [3.8, 4) is 5.75 Å². The van der Waals surface area contributed by atoms with Gasteiger partial charge in [0.2, 0.25) is 0 Å². The van der Waals surface area contributed by atoms with E-state index in [4.69, 9.17) is 4.74 Å². The number of likely N-dealkylation sites (N-methyl/N-ethyl adjacent to an activating group) is 1. The molecule has 3 nitrogen and oxygen atoms in total. The predicted octanol–water partition coefficient (Wildman–Crippen LogP) is 3.38. The number of piperazine rings is 1. The molecule has 0 aromatic heterocycles. The summed E-state index contributed by atoms with van der Waals surface area (Å²) in [6, 6.07) is 6.41. The summed E-state index contributed by atoms with van der Waals surface area (Å²) in [7, 11) is 0. The van der Waals surface area contributed by atoms with Gasteiger partial charge in [0.05, 0.1) is 11.1 Å². The monoisotopic (exact) mass is 352 g/mol. The third-order valence-electron chi connectivity index (χ3n) is 4.51. The third kappa shape index (κ3) is 4.21. The topological polar surface area (TPSA) is 15.7 Å². The maximum Gasteiger partial charge on any atom is 0.137 e. The highest BCUT2D eigenvalue weighted by molar-refractivity contribution is 9.10. The second-order valence-corrected chi connectivity index (χ2v) is 7.05. The van der Waals surface area contributed by atoms with Crippen molar-refractivity contribution in [3.63, 3.8) is 0 Å². The summed E-state index contributed by atoms with van der Waals surface area (Å²) >= 11 is 3.65. The second kappa shape index (κ2) is 7.12. The summed E-state index contributed by atoms with van der Waals surface area (Å²) in [4.78, 5) is 5.06. The van der Waals surface area contributed by atoms with Gasteiger partial charge in [0.15, 0.2) is 0 Å². The summed E-state index contributed by atoms with van der Waals surface area (Å²) in [6.45, 7) is 9.96. The summed E-state index contributed by atoms with van der Waals surface area (Å²) in [6.07, 6.45) is 2.66. The van der Waals surface area contributed by atoms with Gasteiger partial charge in [-0.1, -0.05) is 19.1 Å². The number of nitrogens with zero attached hydrogens (tertiary/aromatic N) is 2. The van der Waals surface area contributed by atoms with Crippen molar-refractivity contribution in [2.75, 3.05) is 39.3 Å². The van der Waals surface area contributed by atoms with E-state index in [1.54, 1.807) is 0 Å². The molecule has 0 atom stereocenters. The summed E-state index contributed by atoms with van der Waals surface area (Å²) in [5, 5.41) is 0. The maximum absolute atomic E-state index is 6.09. The zero-order valence-corrected chi connectivity index (χ0v) is 14.4. The zero-order valence-electron chi connectivity index (χ0n) is 12.9. The van der Waals surface area contributed by atoms with Crippen LogP contribution in [0, 0.1) is 5.92 Å². The predicted molar refractivity (Wildman–Crippen MR) is 89.8 cm³/mol. The van der Waals surface area contributed by atoms with E-state index in [0.717, 1.165) is 42.4 Å². The molecule has 0 amide bonds. The molecular formula is C17H25BrN2O. The van der Waals surface area contributed by atoms with E-state index in [1.807, 2.05) is 0 Å². The first-order valence-electron chi connectivity index (χ1n) is 8.11. The van der Waals surface area contributed by atoms with Crippen LogP contribution in [0.1, 0.15) is 25.3 Å². The van der Waals surface area contributed by atoms with Crippen LogP contribution in [-0.2, 0) is 6.54 Å². The molecule has 116 valence electrons. The van der Waals surface area contributed by atoms with Crippen LogP contribution < -0.4 is 4.74 Å². The van der Waals surface area contributed by atoms with Gasteiger partial charge in [-0.25, -0.2) is 0 Å². The number of hydrogen-bond acceptors (Lipinski definition) is 3. The van der Waals surface area contributed by atoms with Crippen molar-refractivity contribution in [2.24, 2.45) is 5.92 Å². The van der Waals surface area contributed by atoms with Gasteiger partial charge in [-0.3, -0.25) is 4.90 Å². The Labute approximate surface area is 136 Å². The molecule has 2 aliphatic rings. The lowest BCUT2D eigenvalue weighted by Gasteiger charge is -2.34. The fourth-order valence-corrected chi connectivity index (χ4v) is 3.35. The molecule has 21 heavy (non-hydrogen) atoms. The van der Waals surface area contributed by atoms with E-state index in [0.29, 0.717) is 0 Å². The number of rotatable bonds is 6. The standard InChI is InChI=1S/C17H25BrN2O/c1-2-19-8-10-20(11-9-19)12-15-4-3-5-16(18)17(15)21-13-14-6-7-14/h3-5,14H,2,6-13H2,1H3. The zero-order chi connectivity index (χ0) is 14.7. The van der Waals surface area contributed by atoms with Gasteiger partial charge in [-0.15, -0.1) is 0 Å². The van der Waals surface area contributed by atoms with Crippen molar-refractivity contribution >= 4 is 15.9 Å². The number of halogens is 1. The molecule has 0 radical (unpaired) electrons. The fraction of sp³-hybridized carbons (Fsp3) is 0.647. The van der Waals surface area contributed by atoms with Crippen LogP contribution in [-0.4, -0.2) is 49.1 Å². The minimum absolute atomic E-state index is 0.790. The van der Waals surface area contributed by atoms with Crippen molar-refractivity contribution in [1.82, 2.24) is 9.80 Å². The highest BCUT2D eigenvalue weighted by Gasteiger charge is 2.23. The Morgan fingerprint density at radius 3 is 2.52 bits per heavy atom. The Kier molecular flexibility index (Phi) is 5.19. The Morgan fingerprint density at radius 2 is 1.86 bits per heavy atom. The van der Waals surface area contributed by atoms with Crippen molar-refractivity contribution in [3.05, 3.63) is 28.2 Å². The lowest BCUT2D eigenvalue weighted by atomic mass is 10.1. The van der Waals surface area contributed by atoms with Gasteiger partial charge in [0.1, 0.15) is 5.75 Å². The van der Waals surface area contributed by atoms with Crippen molar-refractivity contribution in [1.29, 1.82) is 0 Å². The van der Waals surface area contributed by atoms with Gasteiger partial charge in [0, 0.05) is 38.3 Å². The molecule has 1 heterocycles. The van der Waals surface area contributed by atoms with E-state index in [9.17, 15) is 0 Å². The second-order valence-electron chi connectivity index (χ2n) is 6.19. The minimum Gasteiger partial charge on any atom is -0.492 e. The largest absolute Gasteiger partial charge is 0.492 e. The molecule has 0 bridgehead atoms. The maximum atomic E-state index is 6.09. The summed E-state index contributed by atoms with van der Waals surface area (Å²) < 4.78 is 7.18. The lowest BCUT2D eigenvalue weighted by molar-refractivity contribution is 0.130. The van der Waals surface area contributed by atoms with Crippen LogP contribution in [0.5, 0.6) is 5.75 Å². The first-order valence-corrected chi connectivity index (χ1v) is 8.90. The SMILES string of the molecule is CCN1CCN(Cc2cccc(Br)c2OCC2CC2)CC1. The normalized spacial score (nSPS) is 20.7. The molecule has 1 saturated heterocycles. The van der Waals surface area contributed by atoms with Gasteiger partial charge >= 0.3 is 0 Å². The van der Waals surface area contributed by atoms with Gasteiger partial charge < -0.3 is 9.64 Å². The smallest absolute Gasteiger partial charge is 0.137 e. The van der Waals surface area contributed by atoms with E-state index >= 15 is 0 Å². The molecule has 0 N–H and O–H groups in total. The molecular weight excluding hydrogens is 328 g/mol. The van der Waals surface area contributed by atoms with Gasteiger partial charge in [-0.05, 0) is 47.3 Å². The minimum atomic E-state index is 0.790. The first-order chi connectivity index (χ1) is 10.3. The molecule has 1 aliphatic carbocycles. The van der Waals surface area contributed by atoms with E-state index in [2.05, 4.69) is 50.9 Å². The van der Waals surface area contributed by atoms with Crippen LogP contribution in [0.2, 0.25) is 0 Å². The highest BCUT2D eigenvalue weighted by Crippen LogP contribution is 2.34. The lowest BCUT2D eigenvalue weighted by Crippen LogP contribution is -2.45. The summed E-state index contributed by atoms with van der Waals surface area (Å²) in [5.41, 5.74) is 1.31. The molecule has 2 fully saturated rings. The molecule has 1 saturated carbocycles. The number of para-hydroxylation sites is 1. The third-order valence-corrected chi connectivity index (χ3v) is 5.14. The van der Waals surface area contributed by atoms with E-state index in [-0.39, 0.29) is 0 Å². The summed E-state index contributed by atoms with van der Waals surface area (Å²) in [5.74, 6) is 1.85. The Hall–Kier alpha value is -0.580. The van der Waals surface area contributed by atoms with Crippen LogP contribution in [0.4, 0.5) is 0 Å². The average molecular weight is 353 g/mol.